The lowest BCUT2D eigenvalue weighted by Gasteiger charge is -2.16. The minimum Gasteiger partial charge on any atom is -0.376 e. The SMILES string of the molecule is CC1OCCC1NC(=O)c1c(F)ccc([N+](=O)[O-])c1F. The first kappa shape index (κ1) is 14.3. The number of nitrogens with zero attached hydrogens (tertiary/aromatic N) is 1. The Bertz CT molecular complexity index is 565. The molecule has 0 saturated carbocycles. The van der Waals surface area contributed by atoms with Gasteiger partial charge in [0.05, 0.1) is 17.1 Å². The fraction of sp³-hybridized carbons (Fsp3) is 0.417. The number of nitro benzene ring substituents is 1. The van der Waals surface area contributed by atoms with Crippen LogP contribution in [0.5, 0.6) is 0 Å². The van der Waals surface area contributed by atoms with Crippen LogP contribution in [-0.2, 0) is 4.74 Å². The molecule has 0 radical (unpaired) electrons. The van der Waals surface area contributed by atoms with Gasteiger partial charge in [-0.1, -0.05) is 0 Å². The Morgan fingerprint density at radius 3 is 2.75 bits per heavy atom. The fourth-order valence-corrected chi connectivity index (χ4v) is 2.05. The van der Waals surface area contributed by atoms with E-state index in [1.807, 2.05) is 0 Å². The van der Waals surface area contributed by atoms with Crippen molar-refractivity contribution in [1.29, 1.82) is 0 Å². The predicted octanol–water partition coefficient (Wildman–Crippen LogP) is 1.78. The van der Waals surface area contributed by atoms with Gasteiger partial charge in [-0.3, -0.25) is 14.9 Å². The average Bonchev–Trinajstić information content (AvgIpc) is 2.74. The van der Waals surface area contributed by atoms with Gasteiger partial charge in [-0.2, -0.15) is 4.39 Å². The molecule has 1 aliphatic rings. The summed E-state index contributed by atoms with van der Waals surface area (Å²) in [5.74, 6) is -3.64. The Labute approximate surface area is 112 Å². The van der Waals surface area contributed by atoms with E-state index in [0.717, 1.165) is 0 Å². The van der Waals surface area contributed by atoms with E-state index >= 15 is 0 Å². The second-order valence-electron chi connectivity index (χ2n) is 4.46. The molecular formula is C12H12F2N2O4. The van der Waals surface area contributed by atoms with Crippen LogP contribution in [0.25, 0.3) is 0 Å². The van der Waals surface area contributed by atoms with Crippen molar-refractivity contribution >= 4 is 11.6 Å². The van der Waals surface area contributed by atoms with Crippen LogP contribution in [0.2, 0.25) is 0 Å². The Balaban J connectivity index is 2.29. The summed E-state index contributed by atoms with van der Waals surface area (Å²) in [7, 11) is 0. The first-order valence-corrected chi connectivity index (χ1v) is 5.96. The molecule has 1 fully saturated rings. The summed E-state index contributed by atoms with van der Waals surface area (Å²) in [6, 6.07) is 1.01. The first-order chi connectivity index (χ1) is 9.41. The van der Waals surface area contributed by atoms with Crippen molar-refractivity contribution in [2.75, 3.05) is 6.61 Å². The molecule has 1 amide bonds. The number of ether oxygens (including phenoxy) is 1. The largest absolute Gasteiger partial charge is 0.376 e. The highest BCUT2D eigenvalue weighted by Crippen LogP contribution is 2.23. The molecule has 1 N–H and O–H groups in total. The number of amides is 1. The first-order valence-electron chi connectivity index (χ1n) is 5.96. The Morgan fingerprint density at radius 1 is 1.50 bits per heavy atom. The zero-order valence-corrected chi connectivity index (χ0v) is 10.6. The minimum atomic E-state index is -1.47. The molecule has 1 saturated heterocycles. The smallest absolute Gasteiger partial charge is 0.305 e. The highest BCUT2D eigenvalue weighted by molar-refractivity contribution is 5.95. The third-order valence-electron chi connectivity index (χ3n) is 3.19. The summed E-state index contributed by atoms with van der Waals surface area (Å²) in [6.45, 7) is 2.16. The number of carbonyl (C=O) groups excluding carboxylic acids is 1. The number of rotatable bonds is 3. The third kappa shape index (κ3) is 2.60. The summed E-state index contributed by atoms with van der Waals surface area (Å²) in [5.41, 5.74) is -1.88. The van der Waals surface area contributed by atoms with Crippen molar-refractivity contribution in [1.82, 2.24) is 5.32 Å². The van der Waals surface area contributed by atoms with E-state index in [-0.39, 0.29) is 12.1 Å². The van der Waals surface area contributed by atoms with Crippen LogP contribution in [0.4, 0.5) is 14.5 Å². The van der Waals surface area contributed by atoms with E-state index in [2.05, 4.69) is 5.32 Å². The monoisotopic (exact) mass is 286 g/mol. The minimum absolute atomic E-state index is 0.274. The van der Waals surface area contributed by atoms with Crippen molar-refractivity contribution in [2.45, 2.75) is 25.5 Å². The van der Waals surface area contributed by atoms with Crippen molar-refractivity contribution in [3.8, 4) is 0 Å². The third-order valence-corrected chi connectivity index (χ3v) is 3.19. The van der Waals surface area contributed by atoms with Crippen LogP contribution >= 0.6 is 0 Å². The number of hydrogen-bond acceptors (Lipinski definition) is 4. The molecule has 108 valence electrons. The summed E-state index contributed by atoms with van der Waals surface area (Å²) >= 11 is 0. The maximum Gasteiger partial charge on any atom is 0.305 e. The zero-order chi connectivity index (χ0) is 14.9. The molecule has 1 aromatic rings. The molecule has 1 aliphatic heterocycles. The number of hydrogen-bond donors (Lipinski definition) is 1. The fourth-order valence-electron chi connectivity index (χ4n) is 2.05. The summed E-state index contributed by atoms with van der Waals surface area (Å²) in [5, 5.41) is 13.0. The van der Waals surface area contributed by atoms with E-state index in [1.165, 1.54) is 0 Å². The van der Waals surface area contributed by atoms with Gasteiger partial charge in [-0.05, 0) is 19.4 Å². The lowest BCUT2D eigenvalue weighted by Crippen LogP contribution is -2.40. The normalized spacial score (nSPS) is 21.8. The maximum absolute atomic E-state index is 13.8. The van der Waals surface area contributed by atoms with Gasteiger partial charge in [0.1, 0.15) is 11.4 Å². The molecule has 20 heavy (non-hydrogen) atoms. The van der Waals surface area contributed by atoms with Crippen molar-refractivity contribution in [3.05, 3.63) is 39.4 Å². The van der Waals surface area contributed by atoms with E-state index in [0.29, 0.717) is 25.2 Å². The van der Waals surface area contributed by atoms with Gasteiger partial charge >= 0.3 is 5.69 Å². The Morgan fingerprint density at radius 2 is 2.20 bits per heavy atom. The van der Waals surface area contributed by atoms with Gasteiger partial charge in [0.15, 0.2) is 0 Å². The number of nitrogens with one attached hydrogen (secondary N) is 1. The highest BCUT2D eigenvalue weighted by atomic mass is 19.1. The molecule has 2 atom stereocenters. The molecule has 0 spiro atoms. The van der Waals surface area contributed by atoms with Crippen LogP contribution in [-0.4, -0.2) is 29.6 Å². The molecule has 0 aliphatic carbocycles. The zero-order valence-electron chi connectivity index (χ0n) is 10.6. The lowest BCUT2D eigenvalue weighted by molar-refractivity contribution is -0.387. The maximum atomic E-state index is 13.8. The summed E-state index contributed by atoms with van der Waals surface area (Å²) in [4.78, 5) is 21.5. The van der Waals surface area contributed by atoms with Gasteiger partial charge < -0.3 is 10.1 Å². The number of halogens is 2. The molecule has 0 aromatic heterocycles. The number of nitro groups is 1. The van der Waals surface area contributed by atoms with Crippen LogP contribution < -0.4 is 5.32 Å². The predicted molar refractivity (Wildman–Crippen MR) is 64.3 cm³/mol. The van der Waals surface area contributed by atoms with Crippen LogP contribution in [0.15, 0.2) is 12.1 Å². The van der Waals surface area contributed by atoms with Crippen molar-refractivity contribution in [3.63, 3.8) is 0 Å². The van der Waals surface area contributed by atoms with Crippen molar-refractivity contribution in [2.24, 2.45) is 0 Å². The van der Waals surface area contributed by atoms with E-state index in [4.69, 9.17) is 4.74 Å². The molecular weight excluding hydrogens is 274 g/mol. The standard InChI is InChI=1S/C12H12F2N2O4/c1-6-8(4-5-20-6)15-12(17)10-7(13)2-3-9(11(10)14)16(18)19/h2-3,6,8H,4-5H2,1H3,(H,15,17). The number of benzene rings is 1. The molecule has 0 bridgehead atoms. The molecule has 8 heteroatoms. The van der Waals surface area contributed by atoms with E-state index in [9.17, 15) is 23.7 Å². The topological polar surface area (TPSA) is 81.5 Å². The molecule has 1 aromatic carbocycles. The summed E-state index contributed by atoms with van der Waals surface area (Å²) in [6.07, 6.45) is 0.245. The van der Waals surface area contributed by atoms with Gasteiger partial charge in [0.2, 0.25) is 5.82 Å². The van der Waals surface area contributed by atoms with Gasteiger partial charge in [0.25, 0.3) is 5.91 Å². The van der Waals surface area contributed by atoms with Crippen LogP contribution in [0.1, 0.15) is 23.7 Å². The molecule has 2 rings (SSSR count). The molecule has 6 nitrogen and oxygen atoms in total. The average molecular weight is 286 g/mol. The van der Waals surface area contributed by atoms with Crippen LogP contribution in [0.3, 0.4) is 0 Å². The second-order valence-corrected chi connectivity index (χ2v) is 4.46. The summed E-state index contributed by atoms with van der Waals surface area (Å²) < 4.78 is 32.6. The van der Waals surface area contributed by atoms with Crippen molar-refractivity contribution < 1.29 is 23.2 Å². The quantitative estimate of drug-likeness (QED) is 0.678. The highest BCUT2D eigenvalue weighted by Gasteiger charge is 2.30. The lowest BCUT2D eigenvalue weighted by atomic mass is 10.1. The van der Waals surface area contributed by atoms with Crippen LogP contribution in [0, 0.1) is 21.7 Å². The molecule has 1 heterocycles. The second kappa shape index (κ2) is 5.49. The van der Waals surface area contributed by atoms with Gasteiger partial charge in [0, 0.05) is 12.7 Å². The van der Waals surface area contributed by atoms with E-state index < -0.39 is 33.7 Å². The van der Waals surface area contributed by atoms with Gasteiger partial charge in [-0.25, -0.2) is 4.39 Å². The molecule has 2 unspecified atom stereocenters. The number of carbonyl (C=O) groups is 1. The Hall–Kier alpha value is -2.09. The Kier molecular flexibility index (Phi) is 3.93. The van der Waals surface area contributed by atoms with E-state index in [1.54, 1.807) is 6.92 Å². The van der Waals surface area contributed by atoms with Gasteiger partial charge in [-0.15, -0.1) is 0 Å².